The molecule has 0 heterocycles. The molecule has 0 bridgehead atoms. The molecule has 6 N–H and O–H groups in total. The van der Waals surface area contributed by atoms with Gasteiger partial charge in [0.05, 0.1) is 5.75 Å². The Hall–Kier alpha value is -0.260. The Balaban J connectivity index is 0. The standard InChI is InChI=1S/2C3H9NO3S/c1-2-3(4)8(5,6)7;4-2-1-3-8(5,6)7/h3H,2,4H2,1H3,(H,5,6,7);1-4H2,(H,5,6,7). The first kappa shape index (κ1) is 18.1. The molecule has 0 radical (unpaired) electrons. The minimum atomic E-state index is -3.98. The molecule has 0 aromatic rings. The van der Waals surface area contributed by atoms with Crippen LogP contribution in [0.1, 0.15) is 19.8 Å². The predicted molar refractivity (Wildman–Crippen MR) is 59.9 cm³/mol. The molecule has 0 aromatic heterocycles. The van der Waals surface area contributed by atoms with Crippen LogP contribution in [0, 0.1) is 0 Å². The Morgan fingerprint density at radius 2 is 1.62 bits per heavy atom. The van der Waals surface area contributed by atoms with Crippen LogP contribution >= 0.6 is 0 Å². The molecule has 0 saturated carbocycles. The number of nitrogens with two attached hydrogens (primary N) is 2. The molecular formula is C6H18N2O6S2. The fourth-order valence-electron chi connectivity index (χ4n) is 0.476. The highest BCUT2D eigenvalue weighted by atomic mass is 32.2. The van der Waals surface area contributed by atoms with Gasteiger partial charge in [0.1, 0.15) is 5.37 Å². The number of hydrogen-bond donors (Lipinski definition) is 4. The van der Waals surface area contributed by atoms with Crippen molar-refractivity contribution in [3.8, 4) is 0 Å². The molecular weight excluding hydrogens is 260 g/mol. The summed E-state index contributed by atoms with van der Waals surface area (Å²) >= 11 is 0. The molecule has 0 aliphatic heterocycles. The molecule has 1 unspecified atom stereocenters. The van der Waals surface area contributed by atoms with E-state index in [1.165, 1.54) is 0 Å². The Morgan fingerprint density at radius 1 is 1.19 bits per heavy atom. The van der Waals surface area contributed by atoms with Crippen LogP contribution in [0.5, 0.6) is 0 Å². The van der Waals surface area contributed by atoms with E-state index in [4.69, 9.17) is 20.6 Å². The molecule has 10 heteroatoms. The Labute approximate surface area is 95.5 Å². The van der Waals surface area contributed by atoms with Crippen LogP contribution < -0.4 is 11.5 Å². The van der Waals surface area contributed by atoms with Crippen molar-refractivity contribution in [2.45, 2.75) is 25.1 Å². The molecule has 0 aliphatic rings. The third kappa shape index (κ3) is 13.7. The maximum Gasteiger partial charge on any atom is 0.280 e. The van der Waals surface area contributed by atoms with E-state index in [1.807, 2.05) is 0 Å². The lowest BCUT2D eigenvalue weighted by Crippen LogP contribution is -2.28. The second kappa shape index (κ2) is 7.92. The molecule has 0 saturated heterocycles. The van der Waals surface area contributed by atoms with Gasteiger partial charge in [-0.3, -0.25) is 9.11 Å². The SMILES string of the molecule is CCC(N)S(=O)(=O)O.NCCCS(=O)(=O)O. The molecule has 1 atom stereocenters. The summed E-state index contributed by atoms with van der Waals surface area (Å²) in [5.41, 5.74) is 9.87. The quantitative estimate of drug-likeness (QED) is 0.455. The lowest BCUT2D eigenvalue weighted by molar-refractivity contribution is 0.465. The van der Waals surface area contributed by atoms with Crippen LogP contribution in [-0.4, -0.2) is 43.6 Å². The average Bonchev–Trinajstić information content (AvgIpc) is 2.11. The van der Waals surface area contributed by atoms with E-state index in [1.54, 1.807) is 6.92 Å². The van der Waals surface area contributed by atoms with Gasteiger partial charge in [-0.15, -0.1) is 0 Å². The van der Waals surface area contributed by atoms with E-state index in [9.17, 15) is 16.8 Å². The van der Waals surface area contributed by atoms with Crippen molar-refractivity contribution < 1.29 is 25.9 Å². The van der Waals surface area contributed by atoms with E-state index in [2.05, 4.69) is 0 Å². The fraction of sp³-hybridized carbons (Fsp3) is 1.00. The first-order chi connectivity index (χ1) is 7.04. The number of rotatable bonds is 5. The van der Waals surface area contributed by atoms with Gasteiger partial charge in [-0.1, -0.05) is 6.92 Å². The smallest absolute Gasteiger partial charge is 0.280 e. The van der Waals surface area contributed by atoms with Gasteiger partial charge in [0.15, 0.2) is 0 Å². The van der Waals surface area contributed by atoms with Gasteiger partial charge < -0.3 is 11.5 Å². The minimum absolute atomic E-state index is 0.233. The third-order valence-electron chi connectivity index (χ3n) is 1.39. The maximum atomic E-state index is 9.99. The summed E-state index contributed by atoms with van der Waals surface area (Å²) in [6.45, 7) is 1.87. The Bertz CT molecular complexity index is 362. The van der Waals surface area contributed by atoms with Crippen LogP contribution in [0.4, 0.5) is 0 Å². The molecule has 0 rings (SSSR count). The van der Waals surface area contributed by atoms with Crippen molar-refractivity contribution >= 4 is 20.2 Å². The van der Waals surface area contributed by atoms with Gasteiger partial charge in [0, 0.05) is 0 Å². The van der Waals surface area contributed by atoms with Gasteiger partial charge in [-0.2, -0.15) is 16.8 Å². The Morgan fingerprint density at radius 3 is 1.69 bits per heavy atom. The largest absolute Gasteiger partial charge is 0.330 e. The van der Waals surface area contributed by atoms with Crippen molar-refractivity contribution in [1.29, 1.82) is 0 Å². The summed E-state index contributed by atoms with van der Waals surface area (Å²) in [5.74, 6) is -0.233. The lowest BCUT2D eigenvalue weighted by Gasteiger charge is -2.01. The highest BCUT2D eigenvalue weighted by Crippen LogP contribution is 1.93. The van der Waals surface area contributed by atoms with E-state index in [-0.39, 0.29) is 12.2 Å². The second-order valence-electron chi connectivity index (χ2n) is 2.89. The molecule has 0 fully saturated rings. The zero-order valence-corrected chi connectivity index (χ0v) is 10.5. The summed E-state index contributed by atoms with van der Waals surface area (Å²) in [7, 11) is -7.74. The molecule has 0 spiro atoms. The summed E-state index contributed by atoms with van der Waals surface area (Å²) in [4.78, 5) is 0. The first-order valence-electron chi connectivity index (χ1n) is 4.41. The third-order valence-corrected chi connectivity index (χ3v) is 3.29. The predicted octanol–water partition coefficient (Wildman–Crippen LogP) is -1.21. The molecule has 16 heavy (non-hydrogen) atoms. The normalized spacial score (nSPS) is 13.8. The van der Waals surface area contributed by atoms with Gasteiger partial charge in [-0.25, -0.2) is 0 Å². The van der Waals surface area contributed by atoms with Gasteiger partial charge in [0.25, 0.3) is 20.2 Å². The van der Waals surface area contributed by atoms with Crippen molar-refractivity contribution in [1.82, 2.24) is 0 Å². The fourth-order valence-corrected chi connectivity index (χ4v) is 1.43. The first-order valence-corrected chi connectivity index (χ1v) is 7.53. The molecule has 8 nitrogen and oxygen atoms in total. The van der Waals surface area contributed by atoms with Gasteiger partial charge in [-0.05, 0) is 19.4 Å². The van der Waals surface area contributed by atoms with Crippen molar-refractivity contribution in [3.63, 3.8) is 0 Å². The average molecular weight is 278 g/mol. The van der Waals surface area contributed by atoms with Crippen LogP contribution in [0.3, 0.4) is 0 Å². The molecule has 0 amide bonds. The maximum absolute atomic E-state index is 9.99. The van der Waals surface area contributed by atoms with E-state index in [0.717, 1.165) is 0 Å². The van der Waals surface area contributed by atoms with E-state index < -0.39 is 25.6 Å². The van der Waals surface area contributed by atoms with Crippen LogP contribution in [0.2, 0.25) is 0 Å². The van der Waals surface area contributed by atoms with Crippen LogP contribution in [0.25, 0.3) is 0 Å². The molecule has 100 valence electrons. The molecule has 0 aliphatic carbocycles. The number of hydrogen-bond acceptors (Lipinski definition) is 6. The molecule has 0 aromatic carbocycles. The summed E-state index contributed by atoms with van der Waals surface area (Å²) in [6, 6.07) is 0. The Kier molecular flexibility index (Phi) is 8.97. The van der Waals surface area contributed by atoms with Crippen molar-refractivity contribution in [2.75, 3.05) is 12.3 Å². The van der Waals surface area contributed by atoms with Gasteiger partial charge in [0.2, 0.25) is 0 Å². The van der Waals surface area contributed by atoms with E-state index in [0.29, 0.717) is 13.0 Å². The summed E-state index contributed by atoms with van der Waals surface area (Å²) in [6.07, 6.45) is 0.553. The highest BCUT2D eigenvalue weighted by Gasteiger charge is 2.13. The van der Waals surface area contributed by atoms with Crippen molar-refractivity contribution in [2.24, 2.45) is 11.5 Å². The zero-order chi connectivity index (χ0) is 13.4. The van der Waals surface area contributed by atoms with Gasteiger partial charge >= 0.3 is 0 Å². The van der Waals surface area contributed by atoms with Crippen LogP contribution in [0.15, 0.2) is 0 Å². The van der Waals surface area contributed by atoms with Crippen LogP contribution in [-0.2, 0) is 20.2 Å². The second-order valence-corrected chi connectivity index (χ2v) is 6.10. The monoisotopic (exact) mass is 278 g/mol. The summed E-state index contributed by atoms with van der Waals surface area (Å²) in [5, 5.41) is -1.12. The highest BCUT2D eigenvalue weighted by molar-refractivity contribution is 7.86. The zero-order valence-electron chi connectivity index (χ0n) is 8.90. The lowest BCUT2D eigenvalue weighted by atomic mass is 10.5. The van der Waals surface area contributed by atoms with E-state index >= 15 is 0 Å². The topological polar surface area (TPSA) is 161 Å². The summed E-state index contributed by atoms with van der Waals surface area (Å²) < 4.78 is 56.0. The minimum Gasteiger partial charge on any atom is -0.330 e. The van der Waals surface area contributed by atoms with Crippen molar-refractivity contribution in [3.05, 3.63) is 0 Å².